The molecule has 0 saturated carbocycles. The van der Waals surface area contributed by atoms with Crippen molar-refractivity contribution < 1.29 is 19.0 Å². The van der Waals surface area contributed by atoms with Gasteiger partial charge in [-0.1, -0.05) is 48.5 Å². The van der Waals surface area contributed by atoms with Crippen LogP contribution in [0.2, 0.25) is 0 Å². The second-order valence-corrected chi connectivity index (χ2v) is 6.11. The number of aromatic nitrogens is 2. The van der Waals surface area contributed by atoms with Crippen molar-refractivity contribution in [3.05, 3.63) is 90.5 Å². The van der Waals surface area contributed by atoms with Crippen molar-refractivity contribution in [2.75, 3.05) is 0 Å². The van der Waals surface area contributed by atoms with Crippen molar-refractivity contribution in [3.8, 4) is 33.8 Å². The molecule has 2 N–H and O–H groups in total. The van der Waals surface area contributed by atoms with Crippen LogP contribution in [0, 0.1) is 5.95 Å². The molecule has 0 unspecified atom stereocenters. The molecule has 6 heteroatoms. The molecule has 28 heavy (non-hydrogen) atoms. The molecular weight excluding hydrogens is 359 g/mol. The minimum absolute atomic E-state index is 0.0646. The predicted molar refractivity (Wildman–Crippen MR) is 103 cm³/mol. The van der Waals surface area contributed by atoms with Gasteiger partial charge in [0, 0.05) is 0 Å². The van der Waals surface area contributed by atoms with Gasteiger partial charge in [-0.2, -0.15) is 9.49 Å². The fourth-order valence-electron chi connectivity index (χ4n) is 2.90. The first-order chi connectivity index (χ1) is 13.6. The molecule has 3 aromatic carbocycles. The zero-order valence-electron chi connectivity index (χ0n) is 14.6. The molecule has 0 bridgehead atoms. The predicted octanol–water partition coefficient (Wildman–Crippen LogP) is 5.37. The van der Waals surface area contributed by atoms with Crippen LogP contribution in [0.3, 0.4) is 0 Å². The van der Waals surface area contributed by atoms with Crippen molar-refractivity contribution in [3.63, 3.8) is 0 Å². The van der Waals surface area contributed by atoms with E-state index in [1.165, 1.54) is 18.3 Å². The van der Waals surface area contributed by atoms with E-state index in [0.29, 0.717) is 11.3 Å². The number of hydrogen-bond donors (Lipinski definition) is 2. The first-order valence-electron chi connectivity index (χ1n) is 8.52. The number of aromatic carboxylic acids is 1. The van der Waals surface area contributed by atoms with Crippen molar-refractivity contribution in [1.82, 2.24) is 10.2 Å². The lowest BCUT2D eigenvalue weighted by molar-refractivity contribution is 0.0694. The van der Waals surface area contributed by atoms with Gasteiger partial charge in [-0.25, -0.2) is 4.79 Å². The van der Waals surface area contributed by atoms with Crippen LogP contribution in [-0.4, -0.2) is 21.3 Å². The second kappa shape index (κ2) is 7.36. The summed E-state index contributed by atoms with van der Waals surface area (Å²) in [6.45, 7) is 0. The summed E-state index contributed by atoms with van der Waals surface area (Å²) in [5, 5.41) is 15.3. The zero-order valence-corrected chi connectivity index (χ0v) is 14.6. The summed E-state index contributed by atoms with van der Waals surface area (Å²) in [5.41, 5.74) is 2.63. The number of ether oxygens (including phenoxy) is 1. The number of nitrogens with zero attached hydrogens (tertiary/aromatic N) is 1. The number of carboxylic acids is 1. The minimum Gasteiger partial charge on any atom is -0.478 e. The first-order valence-corrected chi connectivity index (χ1v) is 8.52. The Labute approximate surface area is 160 Å². The summed E-state index contributed by atoms with van der Waals surface area (Å²) in [6, 6.07) is 21.7. The van der Waals surface area contributed by atoms with Gasteiger partial charge < -0.3 is 9.84 Å². The highest BCUT2D eigenvalue weighted by molar-refractivity contribution is 5.92. The van der Waals surface area contributed by atoms with Crippen LogP contribution in [-0.2, 0) is 0 Å². The van der Waals surface area contributed by atoms with E-state index in [0.717, 1.165) is 11.1 Å². The van der Waals surface area contributed by atoms with Crippen LogP contribution in [0.15, 0.2) is 79.0 Å². The molecule has 1 heterocycles. The molecule has 1 aromatic heterocycles. The third kappa shape index (κ3) is 3.48. The topological polar surface area (TPSA) is 75.2 Å². The van der Waals surface area contributed by atoms with Crippen molar-refractivity contribution in [2.45, 2.75) is 0 Å². The Hall–Kier alpha value is -3.93. The van der Waals surface area contributed by atoms with Crippen molar-refractivity contribution in [1.29, 1.82) is 0 Å². The highest BCUT2D eigenvalue weighted by Crippen LogP contribution is 2.32. The maximum absolute atomic E-state index is 13.7. The fourth-order valence-corrected chi connectivity index (χ4v) is 2.90. The Bertz CT molecular complexity index is 1120. The molecule has 0 aliphatic rings. The highest BCUT2D eigenvalue weighted by atomic mass is 19.1. The number of aromatic amines is 1. The van der Waals surface area contributed by atoms with E-state index in [9.17, 15) is 14.3 Å². The SMILES string of the molecule is O=C(O)c1cc(-c2cn[nH]c2F)ccc1Oc1ccc(-c2ccccc2)cc1. The maximum Gasteiger partial charge on any atom is 0.339 e. The van der Waals surface area contributed by atoms with Gasteiger partial charge >= 0.3 is 5.97 Å². The Kier molecular flexibility index (Phi) is 4.60. The van der Waals surface area contributed by atoms with E-state index in [4.69, 9.17) is 4.74 Å². The van der Waals surface area contributed by atoms with Gasteiger partial charge in [-0.3, -0.25) is 5.10 Å². The molecule has 4 rings (SSSR count). The van der Waals surface area contributed by atoms with E-state index < -0.39 is 11.9 Å². The van der Waals surface area contributed by atoms with E-state index in [-0.39, 0.29) is 16.9 Å². The average Bonchev–Trinajstić information content (AvgIpc) is 3.15. The van der Waals surface area contributed by atoms with Gasteiger partial charge in [0.2, 0.25) is 5.95 Å². The number of benzene rings is 3. The minimum atomic E-state index is -1.17. The maximum atomic E-state index is 13.7. The lowest BCUT2D eigenvalue weighted by Crippen LogP contribution is -2.00. The quantitative estimate of drug-likeness (QED) is 0.492. The smallest absolute Gasteiger partial charge is 0.339 e. The summed E-state index contributed by atoms with van der Waals surface area (Å²) in [4.78, 5) is 11.7. The summed E-state index contributed by atoms with van der Waals surface area (Å²) in [7, 11) is 0. The molecule has 0 aliphatic carbocycles. The Morgan fingerprint density at radius 3 is 2.25 bits per heavy atom. The lowest BCUT2D eigenvalue weighted by atomic mass is 10.0. The van der Waals surface area contributed by atoms with Crippen LogP contribution in [0.5, 0.6) is 11.5 Å². The Balaban J connectivity index is 1.62. The van der Waals surface area contributed by atoms with Gasteiger partial charge in [0.1, 0.15) is 17.1 Å². The summed E-state index contributed by atoms with van der Waals surface area (Å²) < 4.78 is 19.5. The number of carbonyl (C=O) groups is 1. The van der Waals surface area contributed by atoms with Gasteiger partial charge in [0.05, 0.1) is 11.8 Å². The third-order valence-corrected chi connectivity index (χ3v) is 4.30. The van der Waals surface area contributed by atoms with Crippen LogP contribution in [0.1, 0.15) is 10.4 Å². The van der Waals surface area contributed by atoms with Crippen LogP contribution in [0.25, 0.3) is 22.3 Å². The molecule has 0 saturated heterocycles. The molecule has 0 spiro atoms. The average molecular weight is 374 g/mol. The fraction of sp³-hybridized carbons (Fsp3) is 0. The zero-order chi connectivity index (χ0) is 19.5. The molecule has 0 amide bonds. The first kappa shape index (κ1) is 17.5. The monoisotopic (exact) mass is 374 g/mol. The Morgan fingerprint density at radius 2 is 1.61 bits per heavy atom. The lowest BCUT2D eigenvalue weighted by Gasteiger charge is -2.11. The van der Waals surface area contributed by atoms with Gasteiger partial charge in [-0.05, 0) is 41.0 Å². The van der Waals surface area contributed by atoms with E-state index >= 15 is 0 Å². The molecule has 4 aromatic rings. The van der Waals surface area contributed by atoms with Crippen molar-refractivity contribution in [2.24, 2.45) is 0 Å². The number of rotatable bonds is 5. The van der Waals surface area contributed by atoms with E-state index in [2.05, 4.69) is 10.2 Å². The number of halogens is 1. The number of nitrogens with one attached hydrogen (secondary N) is 1. The number of hydrogen-bond acceptors (Lipinski definition) is 3. The molecule has 0 atom stereocenters. The summed E-state index contributed by atoms with van der Waals surface area (Å²) >= 11 is 0. The summed E-state index contributed by atoms with van der Waals surface area (Å²) in [6.07, 6.45) is 1.30. The van der Waals surface area contributed by atoms with Crippen LogP contribution >= 0.6 is 0 Å². The molecular formula is C22H15FN2O3. The largest absolute Gasteiger partial charge is 0.478 e. The van der Waals surface area contributed by atoms with Gasteiger partial charge in [0.15, 0.2) is 0 Å². The molecule has 5 nitrogen and oxygen atoms in total. The molecule has 138 valence electrons. The van der Waals surface area contributed by atoms with Gasteiger partial charge in [0.25, 0.3) is 0 Å². The second-order valence-electron chi connectivity index (χ2n) is 6.11. The normalized spacial score (nSPS) is 10.6. The van der Waals surface area contributed by atoms with Crippen molar-refractivity contribution >= 4 is 5.97 Å². The Morgan fingerprint density at radius 1 is 0.929 bits per heavy atom. The highest BCUT2D eigenvalue weighted by Gasteiger charge is 2.16. The molecule has 0 aliphatic heterocycles. The third-order valence-electron chi connectivity index (χ3n) is 4.30. The van der Waals surface area contributed by atoms with E-state index in [1.807, 2.05) is 42.5 Å². The standard InChI is InChI=1S/C22H15FN2O3/c23-21-19(13-24-25-21)16-8-11-20(18(12-16)22(26)27)28-17-9-6-15(7-10-17)14-4-2-1-3-5-14/h1-13H,(H,24,25)(H,26,27). The van der Waals surface area contributed by atoms with E-state index in [1.54, 1.807) is 18.2 Å². The molecule has 0 radical (unpaired) electrons. The summed E-state index contributed by atoms with van der Waals surface area (Å²) in [5.74, 6) is -1.11. The molecule has 0 fully saturated rings. The number of carboxylic acid groups (broad SMARTS) is 1. The van der Waals surface area contributed by atoms with Gasteiger partial charge in [-0.15, -0.1) is 0 Å². The van der Waals surface area contributed by atoms with Crippen LogP contribution < -0.4 is 4.74 Å². The number of H-pyrrole nitrogens is 1. The van der Waals surface area contributed by atoms with Crippen LogP contribution in [0.4, 0.5) is 4.39 Å².